The number of nitrogens with one attached hydrogen (secondary N) is 3. The molecule has 8 heteroatoms. The number of ether oxygens (including phenoxy) is 2. The molecule has 3 amide bonds. The normalized spacial score (nSPS) is 10.8. The Kier molecular flexibility index (Phi) is 9.07. The van der Waals surface area contributed by atoms with Crippen LogP contribution in [0, 0.1) is 0 Å². The molecule has 0 fully saturated rings. The Morgan fingerprint density at radius 3 is 2.22 bits per heavy atom. The molecular weight excluding hydrogens is 410 g/mol. The fourth-order valence-corrected chi connectivity index (χ4v) is 2.79. The van der Waals surface area contributed by atoms with E-state index in [1.165, 1.54) is 0 Å². The van der Waals surface area contributed by atoms with Gasteiger partial charge in [-0.15, -0.1) is 0 Å². The van der Waals surface area contributed by atoms with E-state index in [1.54, 1.807) is 39.0 Å². The molecule has 0 aromatic heterocycles. The van der Waals surface area contributed by atoms with Gasteiger partial charge in [0.2, 0.25) is 5.91 Å². The van der Waals surface area contributed by atoms with Gasteiger partial charge >= 0.3 is 6.09 Å². The highest BCUT2D eigenvalue weighted by molar-refractivity contribution is 5.92. The fraction of sp³-hybridized carbons (Fsp3) is 0.375. The summed E-state index contributed by atoms with van der Waals surface area (Å²) in [6, 6.07) is 14.7. The molecule has 172 valence electrons. The van der Waals surface area contributed by atoms with Crippen LogP contribution >= 0.6 is 0 Å². The smallest absolute Gasteiger partial charge is 0.408 e. The second kappa shape index (κ2) is 11.7. The van der Waals surface area contributed by atoms with E-state index in [-0.39, 0.29) is 31.5 Å². The van der Waals surface area contributed by atoms with Crippen molar-refractivity contribution in [3.8, 4) is 5.75 Å². The Balaban J connectivity index is 1.84. The molecule has 0 spiro atoms. The quantitative estimate of drug-likeness (QED) is 0.553. The topological polar surface area (TPSA) is 106 Å². The molecule has 0 saturated heterocycles. The maximum absolute atomic E-state index is 12.4. The SMILES string of the molecule is CCc1ccccc1OCC(=O)Nc1ccccc1CNC(=O)CNC(=O)OC(C)(C)C. The van der Waals surface area contributed by atoms with Gasteiger partial charge in [-0.05, 0) is 50.5 Å². The van der Waals surface area contributed by atoms with Crippen LogP contribution in [0.15, 0.2) is 48.5 Å². The van der Waals surface area contributed by atoms with E-state index in [1.807, 2.05) is 37.3 Å². The van der Waals surface area contributed by atoms with Gasteiger partial charge in [-0.1, -0.05) is 43.3 Å². The highest BCUT2D eigenvalue weighted by Crippen LogP contribution is 2.19. The van der Waals surface area contributed by atoms with Gasteiger partial charge in [0, 0.05) is 12.2 Å². The van der Waals surface area contributed by atoms with Crippen LogP contribution in [0.1, 0.15) is 38.8 Å². The molecule has 3 N–H and O–H groups in total. The van der Waals surface area contributed by atoms with Crippen molar-refractivity contribution >= 4 is 23.6 Å². The Bertz CT molecular complexity index is 937. The molecule has 2 aromatic rings. The molecule has 0 saturated carbocycles. The fourth-order valence-electron chi connectivity index (χ4n) is 2.79. The lowest BCUT2D eigenvalue weighted by Crippen LogP contribution is -2.39. The van der Waals surface area contributed by atoms with Crippen LogP contribution in [0.3, 0.4) is 0 Å². The first kappa shape index (κ1) is 24.7. The molecular formula is C24H31N3O5. The summed E-state index contributed by atoms with van der Waals surface area (Å²) in [4.78, 5) is 36.1. The zero-order valence-electron chi connectivity index (χ0n) is 19.0. The highest BCUT2D eigenvalue weighted by atomic mass is 16.6. The number of hydrogen-bond acceptors (Lipinski definition) is 5. The van der Waals surface area contributed by atoms with Gasteiger partial charge in [0.25, 0.3) is 5.91 Å². The number of rotatable bonds is 9. The molecule has 0 atom stereocenters. The summed E-state index contributed by atoms with van der Waals surface area (Å²) >= 11 is 0. The molecule has 8 nitrogen and oxygen atoms in total. The summed E-state index contributed by atoms with van der Waals surface area (Å²) in [6.07, 6.45) is 0.147. The zero-order valence-corrected chi connectivity index (χ0v) is 19.0. The van der Waals surface area contributed by atoms with E-state index in [0.717, 1.165) is 17.5 Å². The van der Waals surface area contributed by atoms with Gasteiger partial charge in [-0.25, -0.2) is 4.79 Å². The number of alkyl carbamates (subject to hydrolysis) is 1. The van der Waals surface area contributed by atoms with Gasteiger partial charge in [0.1, 0.15) is 17.9 Å². The monoisotopic (exact) mass is 441 g/mol. The van der Waals surface area contributed by atoms with Crippen LogP contribution in [0.25, 0.3) is 0 Å². The number of hydrogen-bond donors (Lipinski definition) is 3. The van der Waals surface area contributed by atoms with Crippen molar-refractivity contribution in [2.24, 2.45) is 0 Å². The number of aryl methyl sites for hydroxylation is 1. The van der Waals surface area contributed by atoms with Crippen molar-refractivity contribution in [2.75, 3.05) is 18.5 Å². The van der Waals surface area contributed by atoms with Crippen LogP contribution in [0.5, 0.6) is 5.75 Å². The van der Waals surface area contributed by atoms with Crippen molar-refractivity contribution in [3.05, 3.63) is 59.7 Å². The van der Waals surface area contributed by atoms with E-state index in [4.69, 9.17) is 9.47 Å². The minimum Gasteiger partial charge on any atom is -0.483 e. The molecule has 0 aliphatic carbocycles. The molecule has 0 bridgehead atoms. The minimum atomic E-state index is -0.662. The second-order valence-electron chi connectivity index (χ2n) is 8.09. The lowest BCUT2D eigenvalue weighted by molar-refractivity contribution is -0.120. The Morgan fingerprint density at radius 1 is 0.875 bits per heavy atom. The molecule has 0 aliphatic rings. The van der Waals surface area contributed by atoms with E-state index in [9.17, 15) is 14.4 Å². The number of anilines is 1. The average Bonchev–Trinajstić information content (AvgIpc) is 2.74. The number of carbonyl (C=O) groups excluding carboxylic acids is 3. The third-order valence-corrected chi connectivity index (χ3v) is 4.27. The van der Waals surface area contributed by atoms with E-state index in [0.29, 0.717) is 11.4 Å². The summed E-state index contributed by atoms with van der Waals surface area (Å²) in [5.74, 6) is 0.000885. The van der Waals surface area contributed by atoms with Crippen LogP contribution in [-0.2, 0) is 27.3 Å². The Labute approximate surface area is 188 Å². The molecule has 32 heavy (non-hydrogen) atoms. The van der Waals surface area contributed by atoms with E-state index in [2.05, 4.69) is 16.0 Å². The van der Waals surface area contributed by atoms with Crippen LogP contribution in [0.4, 0.5) is 10.5 Å². The summed E-state index contributed by atoms with van der Waals surface area (Å²) in [6.45, 7) is 7.09. The van der Waals surface area contributed by atoms with Crippen molar-refractivity contribution in [3.63, 3.8) is 0 Å². The lowest BCUT2D eigenvalue weighted by atomic mass is 10.1. The van der Waals surface area contributed by atoms with Crippen molar-refractivity contribution < 1.29 is 23.9 Å². The molecule has 2 aromatic carbocycles. The van der Waals surface area contributed by atoms with Crippen LogP contribution in [-0.4, -0.2) is 36.7 Å². The standard InChI is InChI=1S/C24H31N3O5/c1-5-17-10-7-9-13-20(17)31-16-22(29)27-19-12-8-6-11-18(19)14-25-21(28)15-26-23(30)32-24(2,3)4/h6-13H,5,14-16H2,1-4H3,(H,25,28)(H,26,30)(H,27,29). The maximum atomic E-state index is 12.4. The first-order chi connectivity index (χ1) is 15.2. The summed E-state index contributed by atoms with van der Waals surface area (Å²) < 4.78 is 10.7. The third-order valence-electron chi connectivity index (χ3n) is 4.27. The lowest BCUT2D eigenvalue weighted by Gasteiger charge is -2.19. The van der Waals surface area contributed by atoms with Gasteiger partial charge in [0.05, 0.1) is 0 Å². The summed E-state index contributed by atoms with van der Waals surface area (Å²) in [5, 5.41) is 7.93. The third kappa shape index (κ3) is 8.67. The minimum absolute atomic E-state index is 0.127. The average molecular weight is 442 g/mol. The van der Waals surface area contributed by atoms with Crippen molar-refractivity contribution in [1.82, 2.24) is 10.6 Å². The van der Waals surface area contributed by atoms with Crippen LogP contribution in [0.2, 0.25) is 0 Å². The Morgan fingerprint density at radius 2 is 1.53 bits per heavy atom. The van der Waals surface area contributed by atoms with Crippen molar-refractivity contribution in [2.45, 2.75) is 46.3 Å². The number of carbonyl (C=O) groups is 3. The Hall–Kier alpha value is -3.55. The van der Waals surface area contributed by atoms with Gasteiger partial charge in [-0.2, -0.15) is 0 Å². The number of benzene rings is 2. The van der Waals surface area contributed by atoms with Gasteiger partial charge < -0.3 is 25.4 Å². The molecule has 2 rings (SSSR count). The van der Waals surface area contributed by atoms with Crippen LogP contribution < -0.4 is 20.7 Å². The zero-order chi connectivity index (χ0) is 23.6. The number of amides is 3. The number of para-hydroxylation sites is 2. The molecule has 0 radical (unpaired) electrons. The first-order valence-corrected chi connectivity index (χ1v) is 10.5. The highest BCUT2D eigenvalue weighted by Gasteiger charge is 2.16. The summed E-state index contributed by atoms with van der Waals surface area (Å²) in [7, 11) is 0. The predicted molar refractivity (Wildman–Crippen MR) is 122 cm³/mol. The maximum Gasteiger partial charge on any atom is 0.408 e. The molecule has 0 aliphatic heterocycles. The predicted octanol–water partition coefficient (Wildman–Crippen LogP) is 3.41. The second-order valence-corrected chi connectivity index (χ2v) is 8.09. The van der Waals surface area contributed by atoms with Gasteiger partial charge in [0.15, 0.2) is 6.61 Å². The largest absolute Gasteiger partial charge is 0.483 e. The molecule has 0 unspecified atom stereocenters. The van der Waals surface area contributed by atoms with Gasteiger partial charge in [-0.3, -0.25) is 9.59 Å². The van der Waals surface area contributed by atoms with E-state index < -0.39 is 11.7 Å². The molecule has 0 heterocycles. The van der Waals surface area contributed by atoms with Crippen molar-refractivity contribution in [1.29, 1.82) is 0 Å². The first-order valence-electron chi connectivity index (χ1n) is 10.5. The summed E-state index contributed by atoms with van der Waals surface area (Å²) in [5.41, 5.74) is 1.69. The van der Waals surface area contributed by atoms with E-state index >= 15 is 0 Å².